The Hall–Kier alpha value is -1.55. The maximum absolute atomic E-state index is 11.5. The van der Waals surface area contributed by atoms with Gasteiger partial charge in [0.1, 0.15) is 5.75 Å². The Morgan fingerprint density at radius 3 is 2.76 bits per heavy atom. The third-order valence-electron chi connectivity index (χ3n) is 3.59. The van der Waals surface area contributed by atoms with Crippen LogP contribution >= 0.6 is 0 Å². The molecule has 0 aliphatic carbocycles. The maximum atomic E-state index is 11.5. The van der Waals surface area contributed by atoms with E-state index in [2.05, 4.69) is 17.4 Å². The van der Waals surface area contributed by atoms with Crippen LogP contribution in [0.15, 0.2) is 24.3 Å². The van der Waals surface area contributed by atoms with Crippen molar-refractivity contribution in [2.45, 2.75) is 32.2 Å². The highest BCUT2D eigenvalue weighted by Crippen LogP contribution is 2.13. The van der Waals surface area contributed by atoms with Gasteiger partial charge in [-0.3, -0.25) is 4.79 Å². The van der Waals surface area contributed by atoms with Gasteiger partial charge < -0.3 is 15.0 Å². The van der Waals surface area contributed by atoms with E-state index in [1.807, 2.05) is 17.0 Å². The van der Waals surface area contributed by atoms with Crippen LogP contribution in [0.1, 0.15) is 31.2 Å². The smallest absolute Gasteiger partial charge is 0.222 e. The molecule has 0 saturated carbocycles. The van der Waals surface area contributed by atoms with Crippen molar-refractivity contribution in [1.82, 2.24) is 10.2 Å². The van der Waals surface area contributed by atoms with Gasteiger partial charge in [-0.2, -0.15) is 0 Å². The molecule has 2 rings (SSSR count). The first-order valence-corrected chi connectivity index (χ1v) is 7.70. The Morgan fingerprint density at radius 1 is 1.29 bits per heavy atom. The first-order valence-electron chi connectivity index (χ1n) is 7.70. The molecule has 1 amide bonds. The Labute approximate surface area is 127 Å². The molecule has 1 saturated heterocycles. The van der Waals surface area contributed by atoms with Crippen molar-refractivity contribution in [3.63, 3.8) is 0 Å². The van der Waals surface area contributed by atoms with E-state index in [1.54, 1.807) is 0 Å². The van der Waals surface area contributed by atoms with E-state index in [1.165, 1.54) is 5.56 Å². The van der Waals surface area contributed by atoms with Gasteiger partial charge in [-0.25, -0.2) is 0 Å². The van der Waals surface area contributed by atoms with Crippen LogP contribution in [0.5, 0.6) is 5.75 Å². The molecule has 4 nitrogen and oxygen atoms in total. The molecule has 0 aromatic heterocycles. The zero-order chi connectivity index (χ0) is 14.9. The normalized spacial score (nSPS) is 14.7. The minimum atomic E-state index is 0.282. The minimum Gasteiger partial charge on any atom is -0.494 e. The number of hydrogen-bond donors (Lipinski definition) is 1. The number of nitrogens with zero attached hydrogens (tertiary/aromatic N) is 1. The molecule has 1 aromatic carbocycles. The summed E-state index contributed by atoms with van der Waals surface area (Å²) in [5.41, 5.74) is 1.22. The van der Waals surface area contributed by atoms with Gasteiger partial charge in [-0.1, -0.05) is 12.1 Å². The molecular weight excluding hydrogens is 264 g/mol. The summed E-state index contributed by atoms with van der Waals surface area (Å²) in [6.45, 7) is 9.45. The predicted octanol–water partition coefficient (Wildman–Crippen LogP) is 2.27. The van der Waals surface area contributed by atoms with Crippen LogP contribution in [0, 0.1) is 6.92 Å². The molecule has 1 heterocycles. The van der Waals surface area contributed by atoms with E-state index in [9.17, 15) is 4.79 Å². The number of likely N-dealkylation sites (tertiary alicyclic amines) is 1. The zero-order valence-corrected chi connectivity index (χ0v) is 12.5. The van der Waals surface area contributed by atoms with Crippen LogP contribution in [0.25, 0.3) is 0 Å². The van der Waals surface area contributed by atoms with Crippen molar-refractivity contribution < 1.29 is 9.53 Å². The van der Waals surface area contributed by atoms with Crippen LogP contribution < -0.4 is 10.1 Å². The van der Waals surface area contributed by atoms with E-state index in [0.29, 0.717) is 19.4 Å². The molecule has 1 N–H and O–H groups in total. The molecule has 1 fully saturated rings. The summed E-state index contributed by atoms with van der Waals surface area (Å²) in [7, 11) is 0. The second-order valence-electron chi connectivity index (χ2n) is 5.30. The maximum Gasteiger partial charge on any atom is 0.222 e. The summed E-state index contributed by atoms with van der Waals surface area (Å²) in [4.78, 5) is 13.4. The molecular formula is C17H24N2O2. The highest BCUT2D eigenvalue weighted by atomic mass is 16.5. The van der Waals surface area contributed by atoms with Crippen molar-refractivity contribution >= 4 is 5.91 Å². The highest BCUT2D eigenvalue weighted by molar-refractivity contribution is 5.77. The summed E-state index contributed by atoms with van der Waals surface area (Å²) >= 11 is 0. The number of ether oxygens (including phenoxy) is 1. The van der Waals surface area contributed by atoms with Gasteiger partial charge in [0.15, 0.2) is 0 Å². The lowest BCUT2D eigenvalue weighted by Crippen LogP contribution is -2.26. The molecule has 0 unspecified atom stereocenters. The Bertz CT molecular complexity index is 431. The summed E-state index contributed by atoms with van der Waals surface area (Å²) < 4.78 is 5.70. The highest BCUT2D eigenvalue weighted by Gasteiger charge is 2.18. The van der Waals surface area contributed by atoms with E-state index in [0.717, 1.165) is 44.8 Å². The fourth-order valence-corrected chi connectivity index (χ4v) is 2.42. The van der Waals surface area contributed by atoms with Crippen molar-refractivity contribution in [3.8, 4) is 5.75 Å². The van der Waals surface area contributed by atoms with E-state index < -0.39 is 0 Å². The third kappa shape index (κ3) is 5.38. The summed E-state index contributed by atoms with van der Waals surface area (Å²) in [5, 5.41) is 3.26. The Kier molecular flexibility index (Phi) is 6.54. The number of hydrogen-bond acceptors (Lipinski definition) is 3. The van der Waals surface area contributed by atoms with Gasteiger partial charge >= 0.3 is 0 Å². The van der Waals surface area contributed by atoms with Crippen LogP contribution in [-0.2, 0) is 11.3 Å². The number of rotatable bonds is 9. The van der Waals surface area contributed by atoms with E-state index in [-0.39, 0.29) is 5.91 Å². The molecule has 0 spiro atoms. The van der Waals surface area contributed by atoms with Crippen LogP contribution in [-0.4, -0.2) is 37.0 Å². The molecule has 1 aliphatic heterocycles. The summed E-state index contributed by atoms with van der Waals surface area (Å²) in [6, 6.07) is 8.09. The van der Waals surface area contributed by atoms with Crippen LogP contribution in [0.3, 0.4) is 0 Å². The molecule has 1 aromatic rings. The van der Waals surface area contributed by atoms with Crippen molar-refractivity contribution in [1.29, 1.82) is 0 Å². The molecule has 114 valence electrons. The van der Waals surface area contributed by atoms with Gasteiger partial charge in [-0.05, 0) is 50.4 Å². The first-order chi connectivity index (χ1) is 10.3. The van der Waals surface area contributed by atoms with Gasteiger partial charge in [-0.15, -0.1) is 0 Å². The lowest BCUT2D eigenvalue weighted by Gasteiger charge is -2.15. The van der Waals surface area contributed by atoms with E-state index in [4.69, 9.17) is 11.7 Å². The molecule has 2 radical (unpaired) electrons. The molecule has 21 heavy (non-hydrogen) atoms. The van der Waals surface area contributed by atoms with Gasteiger partial charge in [0, 0.05) is 26.1 Å². The predicted molar refractivity (Wildman–Crippen MR) is 83.0 cm³/mol. The first kappa shape index (κ1) is 15.8. The van der Waals surface area contributed by atoms with Gasteiger partial charge in [0.2, 0.25) is 5.91 Å². The average Bonchev–Trinajstić information content (AvgIpc) is 2.91. The van der Waals surface area contributed by atoms with Crippen LogP contribution in [0.2, 0.25) is 0 Å². The molecule has 0 bridgehead atoms. The number of benzene rings is 1. The van der Waals surface area contributed by atoms with Gasteiger partial charge in [0.25, 0.3) is 0 Å². The Balaban J connectivity index is 1.63. The number of nitrogens with one attached hydrogen (secondary N) is 1. The third-order valence-corrected chi connectivity index (χ3v) is 3.59. The second-order valence-corrected chi connectivity index (χ2v) is 5.30. The number of carbonyl (C=O) groups is 1. The second kappa shape index (κ2) is 8.67. The molecule has 0 atom stereocenters. The quantitative estimate of drug-likeness (QED) is 0.709. The van der Waals surface area contributed by atoms with Crippen molar-refractivity contribution in [2.75, 3.05) is 26.2 Å². The lowest BCUT2D eigenvalue weighted by atomic mass is 10.2. The minimum absolute atomic E-state index is 0.282. The number of carbonyl (C=O) groups excluding carboxylic acids is 1. The largest absolute Gasteiger partial charge is 0.494 e. The van der Waals surface area contributed by atoms with Crippen LogP contribution in [0.4, 0.5) is 0 Å². The summed E-state index contributed by atoms with van der Waals surface area (Å²) in [5.74, 6) is 1.16. The average molecular weight is 288 g/mol. The van der Waals surface area contributed by atoms with Crippen molar-refractivity contribution in [2.24, 2.45) is 0 Å². The van der Waals surface area contributed by atoms with Crippen molar-refractivity contribution in [3.05, 3.63) is 36.8 Å². The fraction of sp³-hybridized carbons (Fsp3) is 0.529. The van der Waals surface area contributed by atoms with E-state index >= 15 is 0 Å². The molecule has 4 heteroatoms. The summed E-state index contributed by atoms with van der Waals surface area (Å²) in [6.07, 6.45) is 3.24. The standard InChI is InChI=1S/C17H24N2O2/c1-2-10-18-14-15-6-8-16(9-7-15)21-13-4-12-19-11-3-5-17(19)20/h1,6-9,18H,2-5,10-14H2. The number of amides is 1. The fourth-order valence-electron chi connectivity index (χ4n) is 2.42. The topological polar surface area (TPSA) is 41.6 Å². The molecule has 1 aliphatic rings. The zero-order valence-electron chi connectivity index (χ0n) is 12.5. The SMILES string of the molecule is [CH]CCNCc1ccc(OCCCN2CCCC2=O)cc1. The Morgan fingerprint density at radius 2 is 2.10 bits per heavy atom. The monoisotopic (exact) mass is 288 g/mol. The van der Waals surface area contributed by atoms with Gasteiger partial charge in [0.05, 0.1) is 6.61 Å². The lowest BCUT2D eigenvalue weighted by molar-refractivity contribution is -0.127.